The van der Waals surface area contributed by atoms with Crippen LogP contribution in [0.15, 0.2) is 137 Å². The molecule has 0 radical (unpaired) electrons. The molecule has 4 aromatic carbocycles. The molecular weight excluding hydrogens is 778 g/mol. The number of hydrogen-bond donors (Lipinski definition) is 1. The number of nitro groups is 2. The molecule has 11 nitrogen and oxygen atoms in total. The number of benzene rings is 4. The summed E-state index contributed by atoms with van der Waals surface area (Å²) in [6.45, 7) is 3.84. The Labute approximate surface area is 308 Å². The van der Waals surface area contributed by atoms with E-state index in [1.807, 2.05) is 81.1 Å². The van der Waals surface area contributed by atoms with Gasteiger partial charge in [0.15, 0.2) is 0 Å². The molecule has 8 rings (SSSR count). The molecule has 13 heteroatoms. The Kier molecular flexibility index (Phi) is 11.9. The van der Waals surface area contributed by atoms with Crippen LogP contribution >= 0.6 is 31.9 Å². The van der Waals surface area contributed by atoms with Crippen LogP contribution in [0.25, 0.3) is 43.1 Å². The van der Waals surface area contributed by atoms with E-state index in [1.165, 1.54) is 22.9 Å². The van der Waals surface area contributed by atoms with E-state index in [-0.39, 0.29) is 16.3 Å². The Balaban J connectivity index is 0.000000132. The van der Waals surface area contributed by atoms with Crippen molar-refractivity contribution in [2.75, 3.05) is 5.73 Å². The first-order valence-electron chi connectivity index (χ1n) is 15.3. The van der Waals surface area contributed by atoms with Gasteiger partial charge in [0, 0.05) is 98.8 Å². The van der Waals surface area contributed by atoms with Crippen LogP contribution in [0, 0.1) is 34.1 Å². The SMILES string of the molecule is Brc1cncc2ccccc12.Cc1cncc2cccc(N)c12.Cc1cncc2cccc([N+](=O)[O-])c12.O=[N+]([O-])c1cccc2cncc(Br)c12. The van der Waals surface area contributed by atoms with Crippen LogP contribution < -0.4 is 5.73 Å². The van der Waals surface area contributed by atoms with E-state index in [4.69, 9.17) is 5.73 Å². The summed E-state index contributed by atoms with van der Waals surface area (Å²) in [6, 6.07) is 23.9. The van der Waals surface area contributed by atoms with Crippen LogP contribution in [0.1, 0.15) is 11.1 Å². The van der Waals surface area contributed by atoms with E-state index in [0.29, 0.717) is 15.2 Å². The van der Waals surface area contributed by atoms with Crippen LogP contribution in [0.4, 0.5) is 17.1 Å². The zero-order valence-corrected chi connectivity index (χ0v) is 30.4. The van der Waals surface area contributed by atoms with Gasteiger partial charge in [-0.1, -0.05) is 60.7 Å². The highest BCUT2D eigenvalue weighted by atomic mass is 79.9. The first-order valence-corrected chi connectivity index (χ1v) is 16.9. The zero-order valence-electron chi connectivity index (χ0n) is 27.3. The molecule has 0 spiro atoms. The second-order valence-corrected chi connectivity index (χ2v) is 12.8. The smallest absolute Gasteiger partial charge is 0.278 e. The van der Waals surface area contributed by atoms with Gasteiger partial charge in [-0.2, -0.15) is 0 Å². The first-order chi connectivity index (χ1) is 24.6. The number of rotatable bonds is 2. The lowest BCUT2D eigenvalue weighted by atomic mass is 10.1. The minimum absolute atomic E-state index is 0.0942. The summed E-state index contributed by atoms with van der Waals surface area (Å²) in [7, 11) is 0. The Morgan fingerprint density at radius 1 is 0.510 bits per heavy atom. The lowest BCUT2D eigenvalue weighted by Crippen LogP contribution is -1.91. The number of halogens is 2. The number of fused-ring (bicyclic) bond motifs is 4. The Hall–Kier alpha value is -5.92. The third-order valence-electron chi connectivity index (χ3n) is 7.68. The summed E-state index contributed by atoms with van der Waals surface area (Å²) in [5, 5.41) is 28.9. The van der Waals surface area contributed by atoms with Crippen molar-refractivity contribution in [2.45, 2.75) is 13.8 Å². The number of nitrogens with zero attached hydrogens (tertiary/aromatic N) is 6. The van der Waals surface area contributed by atoms with E-state index in [1.54, 1.807) is 43.0 Å². The van der Waals surface area contributed by atoms with Crippen molar-refractivity contribution < 1.29 is 9.85 Å². The van der Waals surface area contributed by atoms with Crippen LogP contribution in [-0.4, -0.2) is 29.8 Å². The molecule has 0 aliphatic carbocycles. The molecule has 254 valence electrons. The van der Waals surface area contributed by atoms with Crippen LogP contribution in [0.3, 0.4) is 0 Å². The highest BCUT2D eigenvalue weighted by Crippen LogP contribution is 2.31. The first kappa shape index (κ1) is 36.4. The van der Waals surface area contributed by atoms with Crippen molar-refractivity contribution in [3.05, 3.63) is 169 Å². The average Bonchev–Trinajstić information content (AvgIpc) is 3.13. The minimum atomic E-state index is -0.396. The summed E-state index contributed by atoms with van der Waals surface area (Å²) >= 11 is 6.68. The predicted molar refractivity (Wildman–Crippen MR) is 210 cm³/mol. The van der Waals surface area contributed by atoms with E-state index >= 15 is 0 Å². The normalized spacial score (nSPS) is 10.4. The third kappa shape index (κ3) is 8.63. The van der Waals surface area contributed by atoms with Crippen molar-refractivity contribution in [2.24, 2.45) is 0 Å². The predicted octanol–water partition coefficient (Wildman–Crippen LogP) is 10.5. The molecule has 0 aliphatic heterocycles. The van der Waals surface area contributed by atoms with Crippen molar-refractivity contribution in [1.82, 2.24) is 19.9 Å². The Morgan fingerprint density at radius 3 is 1.51 bits per heavy atom. The van der Waals surface area contributed by atoms with Gasteiger partial charge in [-0.05, 0) is 68.3 Å². The van der Waals surface area contributed by atoms with Gasteiger partial charge in [-0.3, -0.25) is 40.2 Å². The lowest BCUT2D eigenvalue weighted by molar-refractivity contribution is -0.383. The zero-order chi connectivity index (χ0) is 36.5. The molecule has 0 unspecified atom stereocenters. The van der Waals surface area contributed by atoms with E-state index in [9.17, 15) is 20.2 Å². The maximum atomic E-state index is 10.8. The van der Waals surface area contributed by atoms with Crippen LogP contribution in [0.2, 0.25) is 0 Å². The number of hydrogen-bond acceptors (Lipinski definition) is 9. The number of nitrogen functional groups attached to an aromatic ring is 1. The molecule has 0 bridgehead atoms. The van der Waals surface area contributed by atoms with Crippen LogP contribution in [-0.2, 0) is 0 Å². The molecule has 0 saturated carbocycles. The summed E-state index contributed by atoms with van der Waals surface area (Å²) in [6.07, 6.45) is 13.8. The fourth-order valence-corrected chi connectivity index (χ4v) is 6.42. The maximum Gasteiger partial charge on any atom is 0.278 e. The van der Waals surface area contributed by atoms with Gasteiger partial charge in [-0.15, -0.1) is 0 Å². The highest BCUT2D eigenvalue weighted by molar-refractivity contribution is 9.11. The number of aromatic nitrogens is 4. The molecule has 4 aromatic heterocycles. The third-order valence-corrected chi connectivity index (χ3v) is 8.92. The van der Waals surface area contributed by atoms with Gasteiger partial charge in [0.2, 0.25) is 0 Å². The number of nitrogens with two attached hydrogens (primary N) is 1. The molecule has 0 atom stereocenters. The number of aryl methyl sites for hydroxylation is 2. The molecule has 0 amide bonds. The molecule has 4 heterocycles. The molecule has 51 heavy (non-hydrogen) atoms. The topological polar surface area (TPSA) is 164 Å². The monoisotopic (exact) mass is 805 g/mol. The van der Waals surface area contributed by atoms with E-state index < -0.39 is 4.92 Å². The van der Waals surface area contributed by atoms with E-state index in [0.717, 1.165) is 42.8 Å². The van der Waals surface area contributed by atoms with Gasteiger partial charge in [0.05, 0.1) is 25.1 Å². The number of nitro benzene ring substituents is 2. The maximum absolute atomic E-state index is 10.8. The molecule has 8 aromatic rings. The van der Waals surface area contributed by atoms with Gasteiger partial charge >= 0.3 is 0 Å². The number of anilines is 1. The second kappa shape index (κ2) is 16.7. The van der Waals surface area contributed by atoms with E-state index in [2.05, 4.69) is 57.9 Å². The van der Waals surface area contributed by atoms with Gasteiger partial charge < -0.3 is 5.73 Å². The molecule has 0 fully saturated rings. The molecule has 0 saturated heterocycles. The fraction of sp³-hybridized carbons (Fsp3) is 0.0526. The second-order valence-electron chi connectivity index (χ2n) is 11.1. The molecule has 2 N–H and O–H groups in total. The fourth-order valence-electron chi connectivity index (χ4n) is 5.39. The summed E-state index contributed by atoms with van der Waals surface area (Å²) in [5.74, 6) is 0. The number of non-ortho nitro benzene ring substituents is 2. The lowest BCUT2D eigenvalue weighted by Gasteiger charge is -2.03. The highest BCUT2D eigenvalue weighted by Gasteiger charge is 2.14. The number of pyridine rings is 4. The van der Waals surface area contributed by atoms with Crippen molar-refractivity contribution in [1.29, 1.82) is 0 Å². The van der Waals surface area contributed by atoms with Gasteiger partial charge in [0.1, 0.15) is 0 Å². The largest absolute Gasteiger partial charge is 0.398 e. The summed E-state index contributed by atoms with van der Waals surface area (Å²) < 4.78 is 1.69. The minimum Gasteiger partial charge on any atom is -0.398 e. The average molecular weight is 808 g/mol. The van der Waals surface area contributed by atoms with Gasteiger partial charge in [0.25, 0.3) is 11.4 Å². The summed E-state index contributed by atoms with van der Waals surface area (Å²) in [5.41, 5.74) is 8.85. The van der Waals surface area contributed by atoms with Crippen molar-refractivity contribution in [3.63, 3.8) is 0 Å². The van der Waals surface area contributed by atoms with Crippen molar-refractivity contribution >= 4 is 92.0 Å². The van der Waals surface area contributed by atoms with Crippen molar-refractivity contribution in [3.8, 4) is 0 Å². The molecule has 0 aliphatic rings. The summed E-state index contributed by atoms with van der Waals surface area (Å²) in [4.78, 5) is 36.8. The van der Waals surface area contributed by atoms with Crippen LogP contribution in [0.5, 0.6) is 0 Å². The Bertz CT molecular complexity index is 2380. The molecular formula is C38H29Br2N7O4. The standard InChI is InChI=1S/C10H8N2O2.C10H10N2.C9H5BrN2O2.C9H6BrN/c1-7-5-11-6-8-3-2-4-9(10(7)8)12(13)14;1-7-5-12-6-8-3-2-4-9(11)10(7)8;10-7-5-11-4-6-2-1-3-8(9(6)7)12(13)14;10-9-6-11-5-7-3-1-2-4-8(7)9/h2-6H,1H3;2-6H,11H2,1H3;1-5H;1-6H. The van der Waals surface area contributed by atoms with Gasteiger partial charge in [-0.25, -0.2) is 0 Å². The quantitative estimate of drug-likeness (QED) is 0.102. The Morgan fingerprint density at radius 2 is 0.941 bits per heavy atom.